The molecule has 156 valence electrons. The molecular formula is C24H27N3O3. The fraction of sp³-hybridized carbons (Fsp3) is 0.333. The minimum absolute atomic E-state index is 0.0972. The Morgan fingerprint density at radius 1 is 1.17 bits per heavy atom. The number of ether oxygens (including phenoxy) is 2. The number of likely N-dealkylation sites (tertiary alicyclic amines) is 1. The molecule has 1 aliphatic rings. The summed E-state index contributed by atoms with van der Waals surface area (Å²) in [6.45, 7) is 6.37. The third-order valence-electron chi connectivity index (χ3n) is 5.47. The van der Waals surface area contributed by atoms with Crippen molar-refractivity contribution in [2.75, 3.05) is 26.8 Å². The second kappa shape index (κ2) is 9.03. The van der Waals surface area contributed by atoms with E-state index < -0.39 is 0 Å². The molecule has 1 unspecified atom stereocenters. The van der Waals surface area contributed by atoms with Crippen LogP contribution in [0.2, 0.25) is 0 Å². The zero-order chi connectivity index (χ0) is 20.9. The Morgan fingerprint density at radius 3 is 2.73 bits per heavy atom. The highest BCUT2D eigenvalue weighted by atomic mass is 16.5. The first-order valence-electron chi connectivity index (χ1n) is 10.3. The van der Waals surface area contributed by atoms with Crippen LogP contribution in [0.4, 0.5) is 0 Å². The van der Waals surface area contributed by atoms with Crippen LogP contribution in [-0.4, -0.2) is 47.2 Å². The minimum Gasteiger partial charge on any atom is -0.493 e. The lowest BCUT2D eigenvalue weighted by atomic mass is 10.1. The number of aromatic nitrogens is 2. The van der Waals surface area contributed by atoms with Gasteiger partial charge in [0, 0.05) is 32.0 Å². The Bertz CT molecular complexity index is 1040. The van der Waals surface area contributed by atoms with Crippen LogP contribution in [0, 0.1) is 0 Å². The normalized spacial score (nSPS) is 16.2. The van der Waals surface area contributed by atoms with Crippen molar-refractivity contribution in [3.8, 4) is 11.5 Å². The van der Waals surface area contributed by atoms with Crippen LogP contribution in [-0.2, 0) is 11.3 Å². The molecule has 2 aromatic carbocycles. The van der Waals surface area contributed by atoms with Gasteiger partial charge in [0.2, 0.25) is 5.91 Å². The number of fused-ring (bicyclic) bond motifs is 1. The third-order valence-corrected chi connectivity index (χ3v) is 5.47. The minimum atomic E-state index is 0.0972. The average Bonchev–Trinajstić information content (AvgIpc) is 3.32. The van der Waals surface area contributed by atoms with Gasteiger partial charge in [-0.2, -0.15) is 0 Å². The first-order chi connectivity index (χ1) is 14.7. The van der Waals surface area contributed by atoms with E-state index in [4.69, 9.17) is 14.5 Å². The number of aryl methyl sites for hydroxylation is 1. The van der Waals surface area contributed by atoms with Gasteiger partial charge in [0.25, 0.3) is 0 Å². The van der Waals surface area contributed by atoms with Crippen molar-refractivity contribution in [2.24, 2.45) is 0 Å². The van der Waals surface area contributed by atoms with Crippen LogP contribution in [0.25, 0.3) is 11.0 Å². The molecule has 6 nitrogen and oxygen atoms in total. The number of amides is 1. The van der Waals surface area contributed by atoms with Crippen LogP contribution in [0.3, 0.4) is 0 Å². The summed E-state index contributed by atoms with van der Waals surface area (Å²) in [7, 11) is 1.64. The second-order valence-corrected chi connectivity index (χ2v) is 7.45. The number of imidazole rings is 1. The highest BCUT2D eigenvalue weighted by molar-refractivity contribution is 5.81. The molecule has 1 saturated heterocycles. The maximum atomic E-state index is 12.4. The van der Waals surface area contributed by atoms with Gasteiger partial charge < -0.3 is 18.9 Å². The first-order valence-corrected chi connectivity index (χ1v) is 10.3. The Morgan fingerprint density at radius 2 is 1.93 bits per heavy atom. The summed E-state index contributed by atoms with van der Waals surface area (Å²) in [6.07, 6.45) is 3.09. The molecular weight excluding hydrogens is 378 g/mol. The Kier molecular flexibility index (Phi) is 6.02. The molecule has 0 aliphatic carbocycles. The van der Waals surface area contributed by atoms with Gasteiger partial charge in [-0.1, -0.05) is 30.3 Å². The molecule has 0 saturated carbocycles. The molecule has 0 spiro atoms. The van der Waals surface area contributed by atoms with Crippen LogP contribution in [0.1, 0.15) is 24.6 Å². The van der Waals surface area contributed by atoms with Crippen molar-refractivity contribution < 1.29 is 14.3 Å². The molecule has 0 bridgehead atoms. The lowest BCUT2D eigenvalue weighted by molar-refractivity contribution is -0.127. The molecule has 1 atom stereocenters. The highest BCUT2D eigenvalue weighted by Gasteiger charge is 2.33. The molecule has 0 radical (unpaired) electrons. The lowest BCUT2D eigenvalue weighted by Gasteiger charge is -2.16. The van der Waals surface area contributed by atoms with Gasteiger partial charge in [-0.3, -0.25) is 4.79 Å². The standard InChI is InChI=1S/C24H27N3O3/c1-3-13-26-17-18(16-23(26)28)24-25-19-9-4-5-10-20(19)27(24)14-8-15-30-22-12-7-6-11-21(22)29-2/h3-7,9-12,18H,1,8,13-17H2,2H3. The van der Waals surface area contributed by atoms with E-state index >= 15 is 0 Å². The van der Waals surface area contributed by atoms with Gasteiger partial charge in [-0.25, -0.2) is 4.98 Å². The molecule has 0 N–H and O–H groups in total. The van der Waals surface area contributed by atoms with Crippen molar-refractivity contribution >= 4 is 16.9 Å². The molecule has 1 aromatic heterocycles. The van der Waals surface area contributed by atoms with E-state index in [1.54, 1.807) is 13.2 Å². The van der Waals surface area contributed by atoms with Crippen molar-refractivity contribution in [1.29, 1.82) is 0 Å². The maximum Gasteiger partial charge on any atom is 0.223 e. The topological polar surface area (TPSA) is 56.6 Å². The summed E-state index contributed by atoms with van der Waals surface area (Å²) < 4.78 is 13.5. The third kappa shape index (κ3) is 4.03. The zero-order valence-electron chi connectivity index (χ0n) is 17.3. The number of hydrogen-bond donors (Lipinski definition) is 0. The zero-order valence-corrected chi connectivity index (χ0v) is 17.3. The van der Waals surface area contributed by atoms with Gasteiger partial charge in [-0.05, 0) is 30.7 Å². The molecule has 6 heteroatoms. The second-order valence-electron chi connectivity index (χ2n) is 7.45. The Balaban J connectivity index is 1.50. The van der Waals surface area contributed by atoms with Gasteiger partial charge in [0.15, 0.2) is 11.5 Å². The van der Waals surface area contributed by atoms with Crippen LogP contribution in [0.15, 0.2) is 61.2 Å². The van der Waals surface area contributed by atoms with Crippen molar-refractivity contribution in [3.63, 3.8) is 0 Å². The number of hydrogen-bond acceptors (Lipinski definition) is 4. The number of methoxy groups -OCH3 is 1. The molecule has 1 amide bonds. The van der Waals surface area contributed by atoms with Gasteiger partial charge >= 0.3 is 0 Å². The van der Waals surface area contributed by atoms with E-state index in [1.807, 2.05) is 47.4 Å². The fourth-order valence-electron chi connectivity index (χ4n) is 4.06. The summed E-state index contributed by atoms with van der Waals surface area (Å²) in [5.41, 5.74) is 2.06. The lowest BCUT2D eigenvalue weighted by Crippen LogP contribution is -2.25. The SMILES string of the molecule is C=CCN1CC(c2nc3ccccc3n2CCCOc2ccccc2OC)CC1=O. The largest absolute Gasteiger partial charge is 0.493 e. The quantitative estimate of drug-likeness (QED) is 0.399. The predicted octanol–water partition coefficient (Wildman–Crippen LogP) is 4.02. The summed E-state index contributed by atoms with van der Waals surface area (Å²) >= 11 is 0. The van der Waals surface area contributed by atoms with E-state index in [0.717, 1.165) is 41.3 Å². The molecule has 1 fully saturated rings. The number of rotatable bonds is 9. The van der Waals surface area contributed by atoms with Gasteiger partial charge in [0.05, 0.1) is 24.8 Å². The summed E-state index contributed by atoms with van der Waals surface area (Å²) in [5.74, 6) is 2.72. The predicted molar refractivity (Wildman–Crippen MR) is 117 cm³/mol. The monoisotopic (exact) mass is 405 g/mol. The molecule has 4 rings (SSSR count). The first kappa shape index (κ1) is 20.0. The summed E-state index contributed by atoms with van der Waals surface area (Å²) in [6, 6.07) is 15.8. The van der Waals surface area contributed by atoms with Crippen LogP contribution >= 0.6 is 0 Å². The van der Waals surface area contributed by atoms with Gasteiger partial charge in [0.1, 0.15) is 5.82 Å². The smallest absolute Gasteiger partial charge is 0.223 e. The number of nitrogens with zero attached hydrogens (tertiary/aromatic N) is 3. The number of para-hydroxylation sites is 4. The highest BCUT2D eigenvalue weighted by Crippen LogP contribution is 2.31. The van der Waals surface area contributed by atoms with E-state index in [-0.39, 0.29) is 11.8 Å². The molecule has 1 aliphatic heterocycles. The van der Waals surface area contributed by atoms with Crippen LogP contribution < -0.4 is 9.47 Å². The van der Waals surface area contributed by atoms with E-state index in [2.05, 4.69) is 17.2 Å². The van der Waals surface area contributed by atoms with Crippen molar-refractivity contribution in [3.05, 3.63) is 67.0 Å². The average molecular weight is 405 g/mol. The number of carbonyl (C=O) groups excluding carboxylic acids is 1. The Labute approximate surface area is 176 Å². The number of carbonyl (C=O) groups is 1. The van der Waals surface area contributed by atoms with Crippen molar-refractivity contribution in [2.45, 2.75) is 25.3 Å². The maximum absolute atomic E-state index is 12.4. The van der Waals surface area contributed by atoms with E-state index in [1.165, 1.54) is 0 Å². The summed E-state index contributed by atoms with van der Waals surface area (Å²) in [4.78, 5) is 19.1. The summed E-state index contributed by atoms with van der Waals surface area (Å²) in [5, 5.41) is 0. The van der Waals surface area contributed by atoms with Crippen LogP contribution in [0.5, 0.6) is 11.5 Å². The number of benzene rings is 2. The fourth-order valence-corrected chi connectivity index (χ4v) is 4.06. The van der Waals surface area contributed by atoms with Crippen molar-refractivity contribution in [1.82, 2.24) is 14.5 Å². The molecule has 30 heavy (non-hydrogen) atoms. The Hall–Kier alpha value is -3.28. The molecule has 3 aromatic rings. The van der Waals surface area contributed by atoms with Gasteiger partial charge in [-0.15, -0.1) is 6.58 Å². The van der Waals surface area contributed by atoms with E-state index in [0.29, 0.717) is 26.1 Å². The van der Waals surface area contributed by atoms with E-state index in [9.17, 15) is 4.79 Å². The molecule has 2 heterocycles.